The van der Waals surface area contributed by atoms with Gasteiger partial charge in [0.15, 0.2) is 5.82 Å². The van der Waals surface area contributed by atoms with Gasteiger partial charge in [-0.25, -0.2) is 0 Å². The van der Waals surface area contributed by atoms with Crippen molar-refractivity contribution in [2.75, 3.05) is 32.6 Å². The molecule has 0 bridgehead atoms. The lowest BCUT2D eigenvalue weighted by atomic mass is 9.95. The normalized spacial score (nSPS) is 16.3. The van der Waals surface area contributed by atoms with Gasteiger partial charge in [0, 0.05) is 37.1 Å². The van der Waals surface area contributed by atoms with E-state index in [9.17, 15) is 9.90 Å². The molecule has 8 nitrogen and oxygen atoms in total. The Bertz CT molecular complexity index is 1180. The molecule has 3 aromatic rings. The number of amides is 1. The summed E-state index contributed by atoms with van der Waals surface area (Å²) in [6.45, 7) is 2.47. The number of hydrogen-bond acceptors (Lipinski definition) is 6. The van der Waals surface area contributed by atoms with Gasteiger partial charge in [0.25, 0.3) is 5.91 Å². The molecule has 180 valence electrons. The van der Waals surface area contributed by atoms with Crippen LogP contribution in [0.4, 0.5) is 5.82 Å². The van der Waals surface area contributed by atoms with Gasteiger partial charge in [-0.15, -0.1) is 0 Å². The van der Waals surface area contributed by atoms with Crippen LogP contribution >= 0.6 is 0 Å². The van der Waals surface area contributed by atoms with Crippen LogP contribution in [0.15, 0.2) is 30.3 Å². The number of ether oxygens (including phenoxy) is 1. The molecule has 0 atom stereocenters. The third-order valence-electron chi connectivity index (χ3n) is 6.85. The topological polar surface area (TPSA) is 93.7 Å². The van der Waals surface area contributed by atoms with Crippen molar-refractivity contribution < 1.29 is 14.6 Å². The zero-order valence-corrected chi connectivity index (χ0v) is 19.9. The molecular weight excluding hydrogens is 430 g/mol. The lowest BCUT2D eigenvalue weighted by Gasteiger charge is -2.22. The highest BCUT2D eigenvalue weighted by molar-refractivity contribution is 6.03. The van der Waals surface area contributed by atoms with Gasteiger partial charge in [-0.3, -0.25) is 9.89 Å². The van der Waals surface area contributed by atoms with Gasteiger partial charge in [-0.2, -0.15) is 5.10 Å². The largest absolute Gasteiger partial charge is 0.507 e. The number of nitrogens with zero attached hydrogens (tertiary/aromatic N) is 3. The number of phenols is 1. The Morgan fingerprint density at radius 2 is 1.97 bits per heavy atom. The minimum atomic E-state index is -0.185. The van der Waals surface area contributed by atoms with E-state index in [1.807, 2.05) is 32.3 Å². The van der Waals surface area contributed by atoms with E-state index >= 15 is 0 Å². The van der Waals surface area contributed by atoms with Crippen LogP contribution in [0.3, 0.4) is 0 Å². The van der Waals surface area contributed by atoms with E-state index in [-0.39, 0.29) is 11.7 Å². The molecule has 34 heavy (non-hydrogen) atoms. The van der Waals surface area contributed by atoms with Crippen molar-refractivity contribution in [1.29, 1.82) is 0 Å². The van der Waals surface area contributed by atoms with Crippen LogP contribution in [0.5, 0.6) is 11.5 Å². The maximum Gasteiger partial charge on any atom is 0.258 e. The van der Waals surface area contributed by atoms with Gasteiger partial charge in [0.1, 0.15) is 18.1 Å². The number of hydrogen-bond donors (Lipinski definition) is 3. The fourth-order valence-electron chi connectivity index (χ4n) is 4.90. The number of H-pyrrole nitrogens is 1. The first kappa shape index (κ1) is 22.5. The molecule has 2 heterocycles. The zero-order valence-electron chi connectivity index (χ0n) is 19.9. The summed E-state index contributed by atoms with van der Waals surface area (Å²) in [6.07, 6.45) is 6.00. The monoisotopic (exact) mass is 463 g/mol. The first-order valence-corrected chi connectivity index (χ1v) is 12.1. The molecule has 0 unspecified atom stereocenters. The second-order valence-corrected chi connectivity index (χ2v) is 9.71. The highest BCUT2D eigenvalue weighted by atomic mass is 16.5. The van der Waals surface area contributed by atoms with Gasteiger partial charge >= 0.3 is 0 Å². The molecule has 1 aromatic heterocycles. The fourth-order valence-corrected chi connectivity index (χ4v) is 4.90. The van der Waals surface area contributed by atoms with E-state index in [0.717, 1.165) is 53.0 Å². The van der Waals surface area contributed by atoms with Crippen LogP contribution < -0.4 is 10.1 Å². The quantitative estimate of drug-likeness (QED) is 0.488. The zero-order chi connectivity index (χ0) is 23.7. The summed E-state index contributed by atoms with van der Waals surface area (Å²) in [6, 6.07) is 9.76. The first-order valence-electron chi connectivity index (χ1n) is 12.1. The van der Waals surface area contributed by atoms with Crippen LogP contribution in [-0.2, 0) is 13.1 Å². The number of carbonyl (C=O) groups is 1. The average Bonchev–Trinajstić information content (AvgIpc) is 3.42. The lowest BCUT2D eigenvalue weighted by Crippen LogP contribution is -2.25. The maximum atomic E-state index is 13.4. The van der Waals surface area contributed by atoms with Crippen molar-refractivity contribution in [2.45, 2.75) is 51.2 Å². The number of phenolic OH excluding ortho intramolecular Hbond substituents is 1. The molecule has 1 aliphatic heterocycles. The van der Waals surface area contributed by atoms with Crippen LogP contribution in [0.25, 0.3) is 10.9 Å². The molecule has 1 aliphatic carbocycles. The molecule has 2 aromatic carbocycles. The number of rotatable bonds is 7. The first-order chi connectivity index (χ1) is 16.5. The summed E-state index contributed by atoms with van der Waals surface area (Å²) in [7, 11) is 4.03. The molecule has 0 radical (unpaired) electrons. The minimum absolute atomic E-state index is 0.0333. The fraction of sp³-hybridized carbons (Fsp3) is 0.462. The molecule has 1 fully saturated rings. The SMILES string of the molecule is CN(C)CCOc1ccc2c(c1)CN(C(=O)c1cc3c(NC4CCCCC4)n[nH]c3cc1O)C2. The number of aromatic amines is 1. The second-order valence-electron chi connectivity index (χ2n) is 9.71. The predicted octanol–water partition coefficient (Wildman–Crippen LogP) is 4.11. The number of fused-ring (bicyclic) bond motifs is 2. The van der Waals surface area contributed by atoms with Gasteiger partial charge in [-0.05, 0) is 56.3 Å². The summed E-state index contributed by atoms with van der Waals surface area (Å²) in [5.41, 5.74) is 3.21. The third kappa shape index (κ3) is 4.68. The summed E-state index contributed by atoms with van der Waals surface area (Å²) < 4.78 is 5.85. The molecule has 5 rings (SSSR count). The van der Waals surface area contributed by atoms with E-state index < -0.39 is 0 Å². The van der Waals surface area contributed by atoms with Crippen molar-refractivity contribution in [3.05, 3.63) is 47.0 Å². The molecule has 1 saturated carbocycles. The number of anilines is 1. The number of aromatic hydroxyl groups is 1. The van der Waals surface area contributed by atoms with E-state index in [2.05, 4.69) is 20.4 Å². The van der Waals surface area contributed by atoms with Crippen molar-refractivity contribution in [2.24, 2.45) is 0 Å². The molecule has 0 spiro atoms. The number of nitrogens with one attached hydrogen (secondary N) is 2. The Hall–Kier alpha value is -3.26. The van der Waals surface area contributed by atoms with Crippen LogP contribution in [0, 0.1) is 0 Å². The van der Waals surface area contributed by atoms with Gasteiger partial charge in [-0.1, -0.05) is 25.3 Å². The number of benzene rings is 2. The van der Waals surface area contributed by atoms with Crippen LogP contribution in [0.1, 0.15) is 53.6 Å². The smallest absolute Gasteiger partial charge is 0.258 e. The highest BCUT2D eigenvalue weighted by Crippen LogP contribution is 2.33. The molecule has 8 heteroatoms. The minimum Gasteiger partial charge on any atom is -0.507 e. The molecule has 2 aliphatic rings. The molecule has 0 saturated heterocycles. The Morgan fingerprint density at radius 1 is 1.18 bits per heavy atom. The average molecular weight is 464 g/mol. The molecule has 1 amide bonds. The second kappa shape index (κ2) is 9.54. The molecular formula is C26H33N5O3. The van der Waals surface area contributed by atoms with Crippen LogP contribution in [-0.4, -0.2) is 64.3 Å². The summed E-state index contributed by atoms with van der Waals surface area (Å²) in [5.74, 6) is 1.35. The van der Waals surface area contributed by atoms with E-state index in [4.69, 9.17) is 4.74 Å². The Balaban J connectivity index is 1.32. The highest BCUT2D eigenvalue weighted by Gasteiger charge is 2.27. The Morgan fingerprint density at radius 3 is 2.76 bits per heavy atom. The summed E-state index contributed by atoms with van der Waals surface area (Å²) in [4.78, 5) is 17.3. The predicted molar refractivity (Wildman–Crippen MR) is 132 cm³/mol. The van der Waals surface area contributed by atoms with E-state index in [1.54, 1.807) is 17.0 Å². The van der Waals surface area contributed by atoms with E-state index in [0.29, 0.717) is 31.3 Å². The number of aromatic nitrogens is 2. The number of likely N-dealkylation sites (N-methyl/N-ethyl adjacent to an activating group) is 1. The van der Waals surface area contributed by atoms with Crippen molar-refractivity contribution in [3.8, 4) is 11.5 Å². The molecule has 3 N–H and O–H groups in total. The standard InChI is InChI=1S/C26H33N5O3/c1-30(2)10-11-34-20-9-8-17-15-31(16-18(17)12-20)26(33)22-13-21-23(14-24(22)32)28-29-25(21)27-19-6-4-3-5-7-19/h8-9,12-14,19,32H,3-7,10-11,15-16H2,1-2H3,(H2,27,28,29). The summed E-state index contributed by atoms with van der Waals surface area (Å²) in [5, 5.41) is 22.4. The third-order valence-corrected chi connectivity index (χ3v) is 6.85. The Kier molecular flexibility index (Phi) is 6.32. The number of carbonyl (C=O) groups excluding carboxylic acids is 1. The van der Waals surface area contributed by atoms with Gasteiger partial charge in [0.2, 0.25) is 0 Å². The van der Waals surface area contributed by atoms with Crippen LogP contribution in [0.2, 0.25) is 0 Å². The maximum absolute atomic E-state index is 13.4. The van der Waals surface area contributed by atoms with Gasteiger partial charge < -0.3 is 25.0 Å². The van der Waals surface area contributed by atoms with Gasteiger partial charge in [0.05, 0.1) is 11.1 Å². The van der Waals surface area contributed by atoms with E-state index in [1.165, 1.54) is 19.3 Å². The van der Waals surface area contributed by atoms with Crippen molar-refractivity contribution >= 4 is 22.6 Å². The lowest BCUT2D eigenvalue weighted by molar-refractivity contribution is 0.0748. The van der Waals surface area contributed by atoms with Crippen molar-refractivity contribution in [1.82, 2.24) is 20.0 Å². The van der Waals surface area contributed by atoms with Crippen molar-refractivity contribution in [3.63, 3.8) is 0 Å². The summed E-state index contributed by atoms with van der Waals surface area (Å²) >= 11 is 0. The Labute approximate surface area is 199 Å².